The number of rotatable bonds is 6. The van der Waals surface area contributed by atoms with Gasteiger partial charge < -0.3 is 9.84 Å². The predicted octanol–water partition coefficient (Wildman–Crippen LogP) is 5.03. The molecule has 29 heavy (non-hydrogen) atoms. The first-order chi connectivity index (χ1) is 14.1. The molecule has 0 amide bonds. The molecule has 0 radical (unpaired) electrons. The van der Waals surface area contributed by atoms with E-state index in [1.165, 1.54) is 0 Å². The first-order valence-corrected chi connectivity index (χ1v) is 10.6. The van der Waals surface area contributed by atoms with Crippen LogP contribution in [0.5, 0.6) is 5.75 Å². The zero-order valence-electron chi connectivity index (χ0n) is 16.2. The van der Waals surface area contributed by atoms with Gasteiger partial charge in [-0.1, -0.05) is 34.1 Å². The fourth-order valence-corrected chi connectivity index (χ4v) is 4.55. The van der Waals surface area contributed by atoms with Crippen molar-refractivity contribution in [3.63, 3.8) is 0 Å². The van der Waals surface area contributed by atoms with E-state index in [0.717, 1.165) is 38.7 Å². The average Bonchev–Trinajstić information content (AvgIpc) is 3.20. The van der Waals surface area contributed by atoms with Crippen molar-refractivity contribution in [2.24, 2.45) is 0 Å². The first-order valence-electron chi connectivity index (χ1n) is 9.84. The van der Waals surface area contributed by atoms with E-state index in [-0.39, 0.29) is 6.04 Å². The van der Waals surface area contributed by atoms with Gasteiger partial charge in [0.1, 0.15) is 11.8 Å². The molecule has 1 fully saturated rings. The van der Waals surface area contributed by atoms with Crippen LogP contribution in [0.1, 0.15) is 36.9 Å². The van der Waals surface area contributed by atoms with E-state index < -0.39 is 12.0 Å². The number of halogens is 1. The number of aromatic nitrogens is 1. The quantitative estimate of drug-likeness (QED) is 0.565. The lowest BCUT2D eigenvalue weighted by atomic mass is 9.95. The molecule has 3 aromatic rings. The number of fused-ring (bicyclic) bond motifs is 1. The molecule has 6 heteroatoms. The average molecular weight is 455 g/mol. The van der Waals surface area contributed by atoms with E-state index in [2.05, 4.69) is 31.9 Å². The number of carboxylic acid groups (broad SMARTS) is 1. The van der Waals surface area contributed by atoms with Gasteiger partial charge >= 0.3 is 5.97 Å². The lowest BCUT2D eigenvalue weighted by Crippen LogP contribution is -2.39. The fraction of sp³-hybridized carbons (Fsp3) is 0.304. The molecule has 1 aliphatic heterocycles. The molecule has 5 nitrogen and oxygen atoms in total. The molecule has 1 N–H and O–H groups in total. The number of nitrogens with zero attached hydrogens (tertiary/aromatic N) is 2. The smallest absolute Gasteiger partial charge is 0.320 e. The molecule has 1 aromatic heterocycles. The van der Waals surface area contributed by atoms with E-state index in [4.69, 9.17) is 4.74 Å². The topological polar surface area (TPSA) is 62.7 Å². The molecule has 2 aromatic carbocycles. The van der Waals surface area contributed by atoms with Gasteiger partial charge in [-0.3, -0.25) is 14.7 Å². The van der Waals surface area contributed by atoms with Crippen LogP contribution in [0.2, 0.25) is 0 Å². The maximum Gasteiger partial charge on any atom is 0.320 e. The minimum absolute atomic E-state index is 0.255. The minimum atomic E-state index is -0.783. The van der Waals surface area contributed by atoms with Crippen LogP contribution in [0, 0.1) is 0 Å². The molecule has 1 saturated heterocycles. The number of hydrogen-bond acceptors (Lipinski definition) is 4. The molecule has 2 heterocycles. The highest BCUT2D eigenvalue weighted by Gasteiger charge is 2.38. The second-order valence-corrected chi connectivity index (χ2v) is 8.13. The van der Waals surface area contributed by atoms with Gasteiger partial charge in [0.05, 0.1) is 18.2 Å². The number of ether oxygens (including phenoxy) is 1. The standard InChI is InChI=1S/C23H23BrN2O3/c1-2-29-21-10-9-17(24)13-18(21)22(26-11-5-8-20(26)23(27)28)16-12-15-6-3-4-7-19(15)25-14-16/h3-4,6-7,9-10,12-14,20,22H,2,5,8,11H2,1H3,(H,27,28). The summed E-state index contributed by atoms with van der Waals surface area (Å²) in [4.78, 5) is 18.7. The van der Waals surface area contributed by atoms with Crippen molar-refractivity contribution in [3.05, 3.63) is 70.3 Å². The number of carbonyl (C=O) groups is 1. The van der Waals surface area contributed by atoms with Gasteiger partial charge in [0.15, 0.2) is 0 Å². The summed E-state index contributed by atoms with van der Waals surface area (Å²) in [5, 5.41) is 10.9. The molecular formula is C23H23BrN2O3. The van der Waals surface area contributed by atoms with Crippen molar-refractivity contribution in [3.8, 4) is 5.75 Å². The summed E-state index contributed by atoms with van der Waals surface area (Å²) >= 11 is 3.57. The van der Waals surface area contributed by atoms with Crippen LogP contribution in [0.15, 0.2) is 59.2 Å². The van der Waals surface area contributed by atoms with Gasteiger partial charge in [0.2, 0.25) is 0 Å². The first kappa shape index (κ1) is 19.9. The summed E-state index contributed by atoms with van der Waals surface area (Å²) in [6, 6.07) is 15.2. The molecule has 0 bridgehead atoms. The third-order valence-electron chi connectivity index (χ3n) is 5.40. The summed E-state index contributed by atoms with van der Waals surface area (Å²) in [5.74, 6) is -0.0147. The SMILES string of the molecule is CCOc1ccc(Br)cc1C(c1cnc2ccccc2c1)N1CCCC1C(=O)O. The Balaban J connectivity index is 1.90. The number of likely N-dealkylation sites (tertiary alicyclic amines) is 1. The van der Waals surface area contributed by atoms with E-state index in [1.54, 1.807) is 0 Å². The third-order valence-corrected chi connectivity index (χ3v) is 5.90. The number of carboxylic acids is 1. The number of aliphatic carboxylic acids is 1. The van der Waals surface area contributed by atoms with Gasteiger partial charge in [-0.25, -0.2) is 0 Å². The number of benzene rings is 2. The maximum absolute atomic E-state index is 12.0. The number of hydrogen-bond donors (Lipinski definition) is 1. The van der Waals surface area contributed by atoms with Crippen molar-refractivity contribution >= 4 is 32.8 Å². The summed E-state index contributed by atoms with van der Waals surface area (Å²) in [5.41, 5.74) is 2.84. The van der Waals surface area contributed by atoms with Gasteiger partial charge in [0.25, 0.3) is 0 Å². The summed E-state index contributed by atoms with van der Waals surface area (Å²) in [7, 11) is 0. The molecule has 150 valence electrons. The van der Waals surface area contributed by atoms with Crippen LogP contribution < -0.4 is 4.74 Å². The summed E-state index contributed by atoms with van der Waals surface area (Å²) < 4.78 is 6.85. The molecule has 0 spiro atoms. The van der Waals surface area contributed by atoms with Gasteiger partial charge in [-0.05, 0) is 55.7 Å². The Morgan fingerprint density at radius 2 is 2.14 bits per heavy atom. The summed E-state index contributed by atoms with van der Waals surface area (Å²) in [6.45, 7) is 3.21. The van der Waals surface area contributed by atoms with Crippen molar-refractivity contribution in [2.45, 2.75) is 31.8 Å². The zero-order chi connectivity index (χ0) is 20.4. The second kappa shape index (κ2) is 8.51. The van der Waals surface area contributed by atoms with E-state index in [1.807, 2.05) is 55.6 Å². The molecule has 0 saturated carbocycles. The van der Waals surface area contributed by atoms with Crippen LogP contribution in [0.4, 0.5) is 0 Å². The third kappa shape index (κ3) is 4.00. The Hall–Kier alpha value is -2.44. The normalized spacial score (nSPS) is 18.1. The van der Waals surface area contributed by atoms with Gasteiger partial charge in [0, 0.05) is 28.2 Å². The van der Waals surface area contributed by atoms with Crippen LogP contribution in [-0.4, -0.2) is 40.2 Å². The predicted molar refractivity (Wildman–Crippen MR) is 116 cm³/mol. The Bertz CT molecular complexity index is 1040. The van der Waals surface area contributed by atoms with E-state index >= 15 is 0 Å². The molecule has 4 rings (SSSR count). The Labute approximate surface area is 178 Å². The molecule has 0 aliphatic carbocycles. The monoisotopic (exact) mass is 454 g/mol. The molecular weight excluding hydrogens is 432 g/mol. The van der Waals surface area contributed by atoms with Crippen molar-refractivity contribution in [1.29, 1.82) is 0 Å². The Morgan fingerprint density at radius 3 is 2.93 bits per heavy atom. The number of pyridine rings is 1. The summed E-state index contributed by atoms with van der Waals surface area (Å²) in [6.07, 6.45) is 3.36. The Kier molecular flexibility index (Phi) is 5.83. The fourth-order valence-electron chi connectivity index (χ4n) is 4.17. The van der Waals surface area contributed by atoms with Crippen molar-refractivity contribution in [1.82, 2.24) is 9.88 Å². The van der Waals surface area contributed by atoms with Crippen molar-refractivity contribution < 1.29 is 14.6 Å². The van der Waals surface area contributed by atoms with Crippen molar-refractivity contribution in [2.75, 3.05) is 13.2 Å². The van der Waals surface area contributed by atoms with E-state index in [9.17, 15) is 9.90 Å². The minimum Gasteiger partial charge on any atom is -0.494 e. The van der Waals surface area contributed by atoms with Crippen LogP contribution in [0.3, 0.4) is 0 Å². The number of para-hydroxylation sites is 1. The highest BCUT2D eigenvalue weighted by molar-refractivity contribution is 9.10. The maximum atomic E-state index is 12.0. The van der Waals surface area contributed by atoms with E-state index in [0.29, 0.717) is 19.6 Å². The van der Waals surface area contributed by atoms with Gasteiger partial charge in [-0.2, -0.15) is 0 Å². The lowest BCUT2D eigenvalue weighted by molar-refractivity contribution is -0.142. The lowest BCUT2D eigenvalue weighted by Gasteiger charge is -2.33. The molecule has 1 aliphatic rings. The van der Waals surface area contributed by atoms with Crippen LogP contribution in [0.25, 0.3) is 10.9 Å². The molecule has 2 unspecified atom stereocenters. The van der Waals surface area contributed by atoms with Crippen LogP contribution >= 0.6 is 15.9 Å². The zero-order valence-corrected chi connectivity index (χ0v) is 17.8. The highest BCUT2D eigenvalue weighted by Crippen LogP contribution is 2.40. The Morgan fingerprint density at radius 1 is 1.31 bits per heavy atom. The largest absolute Gasteiger partial charge is 0.494 e. The molecule has 2 atom stereocenters. The van der Waals surface area contributed by atoms with Crippen LogP contribution in [-0.2, 0) is 4.79 Å². The highest BCUT2D eigenvalue weighted by atomic mass is 79.9. The second-order valence-electron chi connectivity index (χ2n) is 7.21. The van der Waals surface area contributed by atoms with Gasteiger partial charge in [-0.15, -0.1) is 0 Å².